The minimum atomic E-state index is -0.706. The van der Waals surface area contributed by atoms with Gasteiger partial charge in [-0.3, -0.25) is 0 Å². The molecule has 5 heteroatoms. The third kappa shape index (κ3) is 10.5. The average Bonchev–Trinajstić information content (AvgIpc) is 1.55. The summed E-state index contributed by atoms with van der Waals surface area (Å²) in [7, 11) is 0. The van der Waals surface area contributed by atoms with Crippen LogP contribution in [0.1, 0.15) is 99.6 Å². The van der Waals surface area contributed by atoms with Crippen LogP contribution in [0.4, 0.5) is 34.1 Å². The van der Waals surface area contributed by atoms with Gasteiger partial charge in [0.1, 0.15) is 0 Å². The highest BCUT2D eigenvalue weighted by Gasteiger charge is 2.32. The summed E-state index contributed by atoms with van der Waals surface area (Å²) in [5, 5.41) is 1.17. The monoisotopic (exact) mass is 1150 g/mol. The summed E-state index contributed by atoms with van der Waals surface area (Å²) in [6.07, 6.45) is 0. The van der Waals surface area contributed by atoms with Crippen LogP contribution in [0.5, 0.6) is 0 Å². The van der Waals surface area contributed by atoms with Gasteiger partial charge in [-0.05, 0) is 146 Å². The molecule has 418 valence electrons. The van der Waals surface area contributed by atoms with Crippen LogP contribution in [0.3, 0.4) is 0 Å². The van der Waals surface area contributed by atoms with E-state index in [1.54, 1.807) is 0 Å². The first-order valence-electron chi connectivity index (χ1n) is 35.9. The summed E-state index contributed by atoms with van der Waals surface area (Å²) in [6, 6.07) is 46.2. The van der Waals surface area contributed by atoms with Gasteiger partial charge in [0, 0.05) is 76.3 Å². The number of hydrogen-bond donors (Lipinski definition) is 0. The van der Waals surface area contributed by atoms with E-state index in [9.17, 15) is 13.7 Å². The molecule has 0 saturated carbocycles. The lowest BCUT2D eigenvalue weighted by Gasteiger charge is -2.36. The van der Waals surface area contributed by atoms with Crippen molar-refractivity contribution in [2.45, 2.75) is 78.6 Å². The second-order valence-corrected chi connectivity index (χ2v) is 25.7. The summed E-state index contributed by atoms with van der Waals surface area (Å²) < 4.78 is 144. The molecule has 0 radical (unpaired) electrons. The molecule has 0 spiro atoms. The average molecular weight is 1160 g/mol. The van der Waals surface area contributed by atoms with E-state index in [0.717, 1.165) is 77.1 Å². The third-order valence-electron chi connectivity index (χ3n) is 15.6. The zero-order chi connectivity index (χ0) is 71.8. The third-order valence-corrected chi connectivity index (χ3v) is 16.7. The molecule has 0 atom stereocenters. The van der Waals surface area contributed by atoms with Crippen molar-refractivity contribution in [3.8, 4) is 50.2 Å². The van der Waals surface area contributed by atoms with Crippen LogP contribution in [0, 0.1) is 0 Å². The molecule has 0 aliphatic heterocycles. The van der Waals surface area contributed by atoms with E-state index in [1.807, 2.05) is 144 Å². The fraction of sp³-hybridized carbons (Fsp3) is 0.150. The van der Waals surface area contributed by atoms with Gasteiger partial charge in [0.2, 0.25) is 0 Å². The van der Waals surface area contributed by atoms with Gasteiger partial charge in [-0.25, -0.2) is 0 Å². The minimum Gasteiger partial charge on any atom is -0.309 e. The van der Waals surface area contributed by atoms with Crippen molar-refractivity contribution in [3.63, 3.8) is 0 Å². The van der Waals surface area contributed by atoms with E-state index in [0.29, 0.717) is 28.4 Å². The second kappa shape index (κ2) is 21.9. The Morgan fingerprint density at radius 3 is 1.26 bits per heavy atom. The lowest BCUT2D eigenvalue weighted by Crippen LogP contribution is -2.20. The molecular weight excluding hydrogens is 1070 g/mol. The number of anilines is 6. The van der Waals surface area contributed by atoms with Crippen molar-refractivity contribution in [1.82, 2.24) is 4.57 Å². The van der Waals surface area contributed by atoms with Gasteiger partial charge in [0.15, 0.2) is 0 Å². The highest BCUT2D eigenvalue weighted by Crippen LogP contribution is 2.55. The first-order valence-corrected chi connectivity index (χ1v) is 29.6. The van der Waals surface area contributed by atoms with Crippen LogP contribution < -0.4 is 9.80 Å². The fourth-order valence-electron chi connectivity index (χ4n) is 11.2. The van der Waals surface area contributed by atoms with Crippen molar-refractivity contribution in [1.29, 1.82) is 0 Å². The predicted molar refractivity (Wildman–Crippen MR) is 368 cm³/mol. The molecule has 13 rings (SSSR count). The zero-order valence-corrected chi connectivity index (χ0v) is 50.4. The van der Waals surface area contributed by atoms with Crippen molar-refractivity contribution < 1.29 is 20.6 Å². The second-order valence-electron chi connectivity index (χ2n) is 24.5. The van der Waals surface area contributed by atoms with Crippen LogP contribution in [0.25, 0.3) is 82.1 Å². The molecule has 0 amide bonds. The summed E-state index contributed by atoms with van der Waals surface area (Å²) in [6.45, 7) is 19.1. The normalized spacial score (nSPS) is 14.6. The summed E-state index contributed by atoms with van der Waals surface area (Å²) in [4.78, 5) is 3.89. The Kier molecular flexibility index (Phi) is 10.4. The maximum Gasteiger partial charge on any atom is 0.0661 e. The lowest BCUT2D eigenvalue weighted by molar-refractivity contribution is 0.590. The van der Waals surface area contributed by atoms with E-state index in [1.165, 1.54) is 0 Å². The summed E-state index contributed by atoms with van der Waals surface area (Å²) in [5.74, 6) is 0. The van der Waals surface area contributed by atoms with E-state index < -0.39 is 94.8 Å². The van der Waals surface area contributed by atoms with E-state index >= 15 is 0 Å². The molecule has 0 aliphatic carbocycles. The summed E-state index contributed by atoms with van der Waals surface area (Å²) in [5.41, 5.74) is 8.75. The molecule has 13 aromatic rings. The molecule has 2 heterocycles. The fourth-order valence-corrected chi connectivity index (χ4v) is 12.2. The number of halogens is 1. The molecule has 11 aromatic carbocycles. The zero-order valence-electron chi connectivity index (χ0n) is 63.8. The molecule has 2 aromatic heterocycles. The maximum atomic E-state index is 10.6. The smallest absolute Gasteiger partial charge is 0.0661 e. The van der Waals surface area contributed by atoms with Crippen LogP contribution >= 0.6 is 22.9 Å². The minimum absolute atomic E-state index is 0.0728. The van der Waals surface area contributed by atoms with Crippen LogP contribution in [-0.4, -0.2) is 4.57 Å². The number of rotatable bonds is 11. The topological polar surface area (TPSA) is 11.4 Å². The molecule has 3 nitrogen and oxygen atoms in total. The van der Waals surface area contributed by atoms with E-state index in [-0.39, 0.29) is 60.4 Å². The Balaban J connectivity index is 1.24. The van der Waals surface area contributed by atoms with Gasteiger partial charge in [0.25, 0.3) is 0 Å². The first-order chi connectivity index (χ1) is 47.2. The van der Waals surface area contributed by atoms with Gasteiger partial charge < -0.3 is 14.4 Å². The first kappa shape index (κ1) is 40.4. The number of fused-ring (bicyclic) bond motifs is 4. The number of benzene rings is 11. The highest BCUT2D eigenvalue weighted by molar-refractivity contribution is 7.17. The van der Waals surface area contributed by atoms with E-state index in [2.05, 4.69) is 97.5 Å². The number of nitrogens with zero attached hydrogens (tertiary/aromatic N) is 3. The molecule has 0 unspecified atom stereocenters. The van der Waals surface area contributed by atoms with Crippen LogP contribution in [-0.2, 0) is 16.2 Å². The van der Waals surface area contributed by atoms with E-state index in [4.69, 9.17) is 18.5 Å². The largest absolute Gasteiger partial charge is 0.309 e. The lowest BCUT2D eigenvalue weighted by atomic mass is 9.81. The highest BCUT2D eigenvalue weighted by atomic mass is 35.5. The van der Waals surface area contributed by atoms with Crippen molar-refractivity contribution >= 4 is 89.0 Å². The Morgan fingerprint density at radius 2 is 0.812 bits per heavy atom. The predicted octanol–water partition coefficient (Wildman–Crippen LogP) is 24.2. The Hall–Kier alpha value is -8.93. The number of aromatic nitrogens is 1. The van der Waals surface area contributed by atoms with Crippen molar-refractivity contribution in [2.24, 2.45) is 0 Å². The maximum absolute atomic E-state index is 10.6. The molecule has 0 N–H and O–H groups in total. The Morgan fingerprint density at radius 1 is 0.400 bits per heavy atom. The summed E-state index contributed by atoms with van der Waals surface area (Å²) >= 11 is 8.23. The molecule has 85 heavy (non-hydrogen) atoms. The van der Waals surface area contributed by atoms with Gasteiger partial charge >= 0.3 is 0 Å². The SMILES string of the molecule is [2H]c1c([2H])c(Cl)c([2H])c(N(c2cc(N(c3c(-c4ccccc4)cc(C(C)(C)C)cc3-c3ccccc3)c3csc4c([2H])c(-n5c6c([2H])c([2H])c([2H])c([2H])c6c6c([2H])c([2H])c([2H])c([2H])c65)c([2H])c([2H])c34)cc(C(C)(C)C)c2)c2c(-c3ccccc3)cc(C(C)(C)C)cc2-c2ccccc2)c1[2H]. The van der Waals surface area contributed by atoms with Crippen molar-refractivity contribution in [2.75, 3.05) is 9.80 Å². The van der Waals surface area contributed by atoms with Gasteiger partial charge in [-0.2, -0.15) is 0 Å². The Labute approximate surface area is 531 Å². The quantitative estimate of drug-likeness (QED) is 0.128. The van der Waals surface area contributed by atoms with Crippen LogP contribution in [0.2, 0.25) is 5.02 Å². The molecule has 0 fully saturated rings. The number of thiophene rings is 1. The molecule has 0 bridgehead atoms. The number of hydrogen-bond acceptors (Lipinski definition) is 3. The molecular formula is C80H70ClN3S. The van der Waals surface area contributed by atoms with Gasteiger partial charge in [0.05, 0.1) is 48.7 Å². The van der Waals surface area contributed by atoms with Crippen LogP contribution in [0.15, 0.2) is 260 Å². The van der Waals surface area contributed by atoms with Gasteiger partial charge in [-0.1, -0.05) is 238 Å². The Bertz CT molecular complexity index is 5280. The van der Waals surface area contributed by atoms with Crippen molar-refractivity contribution in [3.05, 3.63) is 282 Å². The standard InChI is InChI=1S/C80H70ClN3S/c1-78(2,3)57-43-63(82(61-36-26-35-60(81)49-61)76-68(53-27-14-10-15-28-53)45-58(79(4,5)6)46-69(76)54-29-16-11-17-30-54)50-64(44-57)84(77-70(55-31-18-12-19-32-55)47-59(80(7,8)9)48-71(77)56-33-20-13-21-34-56)74-52-85-75-51-62(41-42-67(74)75)83-72-39-24-22-37-65(72)66-38-23-25-40-73(66)83/h10-52H,1-9H3/i22D,23D,24D,25D,26D,35D,36D,37D,38D,39D,40D,41D,42D,49D,51D. The molecule has 0 saturated heterocycles. The molecule has 0 aliphatic rings. The van der Waals surface area contributed by atoms with Gasteiger partial charge in [-0.15, -0.1) is 11.3 Å². The number of para-hydroxylation sites is 2.